The molecular formula is C31H37N3O3. The molecule has 0 radical (unpaired) electrons. The highest BCUT2D eigenvalue weighted by Crippen LogP contribution is 2.43. The Kier molecular flexibility index (Phi) is 7.36. The third-order valence-corrected chi connectivity index (χ3v) is 7.74. The van der Waals surface area contributed by atoms with E-state index in [-0.39, 0.29) is 36.4 Å². The first-order valence-corrected chi connectivity index (χ1v) is 13.6. The van der Waals surface area contributed by atoms with Crippen LogP contribution >= 0.6 is 0 Å². The van der Waals surface area contributed by atoms with Gasteiger partial charge >= 0.3 is 0 Å². The summed E-state index contributed by atoms with van der Waals surface area (Å²) >= 11 is 0. The SMILES string of the molecule is CCCCC(CC)C(=O)N(CC(=O)N1c2ccccc2-n2cccc2C1c1ccc(OC)cc1)C1CC1. The van der Waals surface area contributed by atoms with Gasteiger partial charge in [-0.2, -0.15) is 0 Å². The summed E-state index contributed by atoms with van der Waals surface area (Å²) in [6.45, 7) is 4.34. The van der Waals surface area contributed by atoms with Crippen molar-refractivity contribution in [2.24, 2.45) is 5.92 Å². The Bertz CT molecular complexity index is 1240. The van der Waals surface area contributed by atoms with Crippen LogP contribution in [0.2, 0.25) is 0 Å². The third-order valence-electron chi connectivity index (χ3n) is 7.74. The van der Waals surface area contributed by atoms with E-state index >= 15 is 0 Å². The Morgan fingerprint density at radius 1 is 1.00 bits per heavy atom. The minimum atomic E-state index is -0.304. The summed E-state index contributed by atoms with van der Waals surface area (Å²) < 4.78 is 7.55. The van der Waals surface area contributed by atoms with Crippen LogP contribution in [0, 0.1) is 5.92 Å². The van der Waals surface area contributed by atoms with E-state index in [2.05, 4.69) is 24.5 Å². The fraction of sp³-hybridized carbons (Fsp3) is 0.419. The van der Waals surface area contributed by atoms with Crippen LogP contribution in [0.1, 0.15) is 69.7 Å². The van der Waals surface area contributed by atoms with Gasteiger partial charge in [0.2, 0.25) is 11.8 Å². The molecule has 2 heterocycles. The number of methoxy groups -OCH3 is 1. The van der Waals surface area contributed by atoms with Gasteiger partial charge in [0, 0.05) is 18.2 Å². The van der Waals surface area contributed by atoms with Crippen molar-refractivity contribution in [1.29, 1.82) is 0 Å². The zero-order valence-electron chi connectivity index (χ0n) is 22.1. The summed E-state index contributed by atoms with van der Waals surface area (Å²) in [7, 11) is 1.65. The van der Waals surface area contributed by atoms with Gasteiger partial charge in [0.1, 0.15) is 18.3 Å². The smallest absolute Gasteiger partial charge is 0.247 e. The molecule has 0 bridgehead atoms. The van der Waals surface area contributed by atoms with E-state index in [1.165, 1.54) is 0 Å². The van der Waals surface area contributed by atoms with Crippen LogP contribution in [0.4, 0.5) is 5.69 Å². The summed E-state index contributed by atoms with van der Waals surface area (Å²) in [6, 6.07) is 19.9. The van der Waals surface area contributed by atoms with E-state index in [9.17, 15) is 9.59 Å². The topological polar surface area (TPSA) is 54.8 Å². The number of unbranched alkanes of at least 4 members (excludes halogenated alkanes) is 1. The molecule has 2 unspecified atom stereocenters. The maximum Gasteiger partial charge on any atom is 0.247 e. The Balaban J connectivity index is 1.52. The lowest BCUT2D eigenvalue weighted by atomic mass is 9.96. The molecule has 0 saturated heterocycles. The van der Waals surface area contributed by atoms with Gasteiger partial charge in [-0.05, 0) is 67.6 Å². The molecule has 2 atom stereocenters. The molecule has 3 aromatic rings. The molecule has 1 aliphatic heterocycles. The number of ether oxygens (including phenoxy) is 1. The maximum atomic E-state index is 14.3. The molecule has 6 heteroatoms. The minimum absolute atomic E-state index is 0.0170. The predicted octanol–water partition coefficient (Wildman–Crippen LogP) is 6.13. The van der Waals surface area contributed by atoms with Crippen molar-refractivity contribution in [1.82, 2.24) is 9.47 Å². The van der Waals surface area contributed by atoms with Crippen LogP contribution < -0.4 is 9.64 Å². The van der Waals surface area contributed by atoms with Crippen LogP contribution in [0.25, 0.3) is 5.69 Å². The number of carbonyl (C=O) groups excluding carboxylic acids is 2. The van der Waals surface area contributed by atoms with E-state index < -0.39 is 0 Å². The number of benzene rings is 2. The molecule has 5 rings (SSSR count). The highest BCUT2D eigenvalue weighted by molar-refractivity contribution is 6.00. The highest BCUT2D eigenvalue weighted by Gasteiger charge is 2.41. The first-order valence-electron chi connectivity index (χ1n) is 13.6. The Labute approximate surface area is 219 Å². The average molecular weight is 500 g/mol. The number of fused-ring (bicyclic) bond motifs is 3. The molecule has 0 N–H and O–H groups in total. The number of rotatable bonds is 10. The standard InChI is InChI=1S/C31H37N3O3/c1-4-6-10-22(5-2)31(36)33(24-16-17-24)21-29(35)34-27-12-8-7-11-26(27)32-20-9-13-28(32)30(34)23-14-18-25(37-3)19-15-23/h7-9,11-15,18-20,22,24,30H,4-6,10,16-17,21H2,1-3H3. The van der Waals surface area contributed by atoms with Gasteiger partial charge in [-0.15, -0.1) is 0 Å². The van der Waals surface area contributed by atoms with Gasteiger partial charge in [0.25, 0.3) is 0 Å². The van der Waals surface area contributed by atoms with E-state index in [0.29, 0.717) is 0 Å². The number of anilines is 1. The first kappa shape index (κ1) is 25.1. The normalized spacial score (nSPS) is 17.1. The van der Waals surface area contributed by atoms with Crippen molar-refractivity contribution in [3.63, 3.8) is 0 Å². The Morgan fingerprint density at radius 3 is 2.38 bits per heavy atom. The van der Waals surface area contributed by atoms with Gasteiger partial charge in [-0.25, -0.2) is 0 Å². The first-order chi connectivity index (χ1) is 18.1. The second-order valence-corrected chi connectivity index (χ2v) is 10.2. The fourth-order valence-electron chi connectivity index (χ4n) is 5.55. The maximum absolute atomic E-state index is 14.3. The van der Waals surface area contributed by atoms with Gasteiger partial charge in [-0.3, -0.25) is 14.5 Å². The summed E-state index contributed by atoms with van der Waals surface area (Å²) in [5, 5.41) is 0. The van der Waals surface area contributed by atoms with E-state index in [1.807, 2.05) is 70.6 Å². The summed E-state index contributed by atoms with van der Waals surface area (Å²) in [6.07, 6.45) is 7.80. The van der Waals surface area contributed by atoms with Crippen molar-refractivity contribution in [3.8, 4) is 11.4 Å². The van der Waals surface area contributed by atoms with Gasteiger partial charge in [0.05, 0.1) is 24.2 Å². The summed E-state index contributed by atoms with van der Waals surface area (Å²) in [5.74, 6) is 0.848. The van der Waals surface area contributed by atoms with Gasteiger partial charge < -0.3 is 14.2 Å². The molecule has 1 aliphatic carbocycles. The lowest BCUT2D eigenvalue weighted by molar-refractivity contribution is -0.139. The predicted molar refractivity (Wildman–Crippen MR) is 146 cm³/mol. The number of amides is 2. The van der Waals surface area contributed by atoms with Crippen molar-refractivity contribution < 1.29 is 14.3 Å². The zero-order chi connectivity index (χ0) is 25.9. The van der Waals surface area contributed by atoms with Crippen LogP contribution in [0.15, 0.2) is 66.9 Å². The summed E-state index contributed by atoms with van der Waals surface area (Å²) in [5.41, 5.74) is 3.86. The quantitative estimate of drug-likeness (QED) is 0.337. The highest BCUT2D eigenvalue weighted by atomic mass is 16.5. The average Bonchev–Trinajstić information content (AvgIpc) is 3.66. The molecule has 0 spiro atoms. The van der Waals surface area contributed by atoms with Crippen LogP contribution in [0.5, 0.6) is 5.75 Å². The van der Waals surface area contributed by atoms with Crippen molar-refractivity contribution >= 4 is 17.5 Å². The molecule has 2 aliphatic rings. The molecule has 1 aromatic heterocycles. The van der Waals surface area contributed by atoms with Crippen molar-refractivity contribution in [2.75, 3.05) is 18.6 Å². The lowest BCUT2D eigenvalue weighted by Crippen LogP contribution is -2.48. The van der Waals surface area contributed by atoms with Crippen LogP contribution in [0.3, 0.4) is 0 Å². The summed E-state index contributed by atoms with van der Waals surface area (Å²) in [4.78, 5) is 31.7. The third kappa shape index (κ3) is 4.89. The molecular weight excluding hydrogens is 462 g/mol. The number of hydrogen-bond donors (Lipinski definition) is 0. The molecule has 37 heavy (non-hydrogen) atoms. The molecule has 6 nitrogen and oxygen atoms in total. The van der Waals surface area contributed by atoms with Crippen LogP contribution in [-0.2, 0) is 9.59 Å². The van der Waals surface area contributed by atoms with Gasteiger partial charge in [0.15, 0.2) is 0 Å². The van der Waals surface area contributed by atoms with E-state index in [0.717, 1.165) is 66.9 Å². The fourth-order valence-corrected chi connectivity index (χ4v) is 5.55. The molecule has 2 amide bonds. The number of para-hydroxylation sites is 2. The van der Waals surface area contributed by atoms with E-state index in [4.69, 9.17) is 4.74 Å². The monoisotopic (exact) mass is 499 g/mol. The second-order valence-electron chi connectivity index (χ2n) is 10.2. The lowest BCUT2D eigenvalue weighted by Gasteiger charge is -2.40. The number of nitrogens with zero attached hydrogens (tertiary/aromatic N) is 3. The van der Waals surface area contributed by atoms with Gasteiger partial charge in [-0.1, -0.05) is 51.0 Å². The molecule has 1 saturated carbocycles. The number of aromatic nitrogens is 1. The van der Waals surface area contributed by atoms with Crippen LogP contribution in [-0.4, -0.2) is 41.0 Å². The van der Waals surface area contributed by atoms with Crippen molar-refractivity contribution in [2.45, 2.75) is 64.5 Å². The largest absolute Gasteiger partial charge is 0.497 e. The number of carbonyl (C=O) groups is 2. The Hall–Kier alpha value is -3.54. The Morgan fingerprint density at radius 2 is 1.73 bits per heavy atom. The van der Waals surface area contributed by atoms with E-state index in [1.54, 1.807) is 7.11 Å². The number of hydrogen-bond acceptors (Lipinski definition) is 3. The zero-order valence-corrected chi connectivity index (χ0v) is 22.1. The second kappa shape index (κ2) is 10.8. The molecule has 1 fully saturated rings. The van der Waals surface area contributed by atoms with Crippen molar-refractivity contribution in [3.05, 3.63) is 78.1 Å². The molecule has 2 aromatic carbocycles. The molecule has 194 valence electrons. The minimum Gasteiger partial charge on any atom is -0.497 e.